The molecule has 8 heteroatoms. The maximum Gasteiger partial charge on any atom is 0.243 e. The van der Waals surface area contributed by atoms with E-state index in [4.69, 9.17) is 19.5 Å². The van der Waals surface area contributed by atoms with Gasteiger partial charge in [0, 0.05) is 12.6 Å². The van der Waals surface area contributed by atoms with Crippen LogP contribution in [-0.2, 0) is 14.8 Å². The lowest BCUT2D eigenvalue weighted by atomic mass is 10.3. The smallest absolute Gasteiger partial charge is 0.243 e. The SMILES string of the molecule is N#CC1CN(S(=O)(=O)c2ccc3c(c2)OCCO3)CCO1. The standard InChI is InChI=1S/C13H14N2O5S/c14-8-10-9-15(3-4-18-10)21(16,17)11-1-2-12-13(7-11)20-6-5-19-12/h1-2,7,10H,3-6,9H2. The Kier molecular flexibility index (Phi) is 3.71. The van der Waals surface area contributed by atoms with Gasteiger partial charge in [-0.25, -0.2) is 8.42 Å². The van der Waals surface area contributed by atoms with Gasteiger partial charge in [0.25, 0.3) is 0 Å². The minimum absolute atomic E-state index is 0.0350. The first kappa shape index (κ1) is 14.1. The molecular weight excluding hydrogens is 296 g/mol. The average Bonchev–Trinajstić information content (AvgIpc) is 2.54. The molecule has 2 aliphatic rings. The third kappa shape index (κ3) is 2.68. The number of fused-ring (bicyclic) bond motifs is 1. The fourth-order valence-corrected chi connectivity index (χ4v) is 3.70. The lowest BCUT2D eigenvalue weighted by Gasteiger charge is -2.29. The zero-order chi connectivity index (χ0) is 14.9. The molecule has 1 atom stereocenters. The molecule has 0 aromatic heterocycles. The molecule has 1 unspecified atom stereocenters. The largest absolute Gasteiger partial charge is 0.486 e. The first-order valence-electron chi connectivity index (χ1n) is 6.52. The van der Waals surface area contributed by atoms with Crippen molar-refractivity contribution in [3.8, 4) is 17.6 Å². The van der Waals surface area contributed by atoms with E-state index in [0.29, 0.717) is 24.7 Å². The van der Waals surface area contributed by atoms with Gasteiger partial charge in [-0.1, -0.05) is 0 Å². The molecule has 0 saturated carbocycles. The molecule has 0 amide bonds. The van der Waals surface area contributed by atoms with Gasteiger partial charge in [0.05, 0.1) is 24.1 Å². The normalized spacial score (nSPS) is 22.5. The van der Waals surface area contributed by atoms with Gasteiger partial charge < -0.3 is 14.2 Å². The minimum atomic E-state index is -3.67. The van der Waals surface area contributed by atoms with E-state index in [1.807, 2.05) is 6.07 Å². The van der Waals surface area contributed by atoms with Crippen molar-refractivity contribution in [2.45, 2.75) is 11.0 Å². The minimum Gasteiger partial charge on any atom is -0.486 e. The van der Waals surface area contributed by atoms with Crippen molar-refractivity contribution < 1.29 is 22.6 Å². The molecule has 1 fully saturated rings. The van der Waals surface area contributed by atoms with Crippen molar-refractivity contribution in [3.05, 3.63) is 18.2 Å². The zero-order valence-electron chi connectivity index (χ0n) is 11.2. The highest BCUT2D eigenvalue weighted by Crippen LogP contribution is 2.33. The second kappa shape index (κ2) is 5.52. The van der Waals surface area contributed by atoms with Crippen LogP contribution in [0.5, 0.6) is 11.5 Å². The summed E-state index contributed by atoms with van der Waals surface area (Å²) in [5.74, 6) is 0.962. The van der Waals surface area contributed by atoms with Crippen LogP contribution in [0.2, 0.25) is 0 Å². The molecule has 0 aliphatic carbocycles. The molecule has 2 heterocycles. The second-order valence-electron chi connectivity index (χ2n) is 4.66. The fourth-order valence-electron chi connectivity index (χ4n) is 2.26. The Morgan fingerprint density at radius 1 is 1.19 bits per heavy atom. The number of ether oxygens (including phenoxy) is 3. The van der Waals surface area contributed by atoms with Crippen molar-refractivity contribution in [3.63, 3.8) is 0 Å². The maximum absolute atomic E-state index is 12.6. The van der Waals surface area contributed by atoms with Crippen molar-refractivity contribution in [1.29, 1.82) is 5.26 Å². The molecule has 7 nitrogen and oxygen atoms in total. The molecule has 0 bridgehead atoms. The highest BCUT2D eigenvalue weighted by Gasteiger charge is 2.31. The predicted molar refractivity (Wildman–Crippen MR) is 71.5 cm³/mol. The van der Waals surface area contributed by atoms with Gasteiger partial charge in [-0.05, 0) is 12.1 Å². The number of sulfonamides is 1. The predicted octanol–water partition coefficient (Wildman–Crippen LogP) is 0.371. The van der Waals surface area contributed by atoms with Crippen LogP contribution in [0.3, 0.4) is 0 Å². The Morgan fingerprint density at radius 2 is 1.95 bits per heavy atom. The monoisotopic (exact) mass is 310 g/mol. The van der Waals surface area contributed by atoms with E-state index >= 15 is 0 Å². The number of benzene rings is 1. The Hall–Kier alpha value is -1.82. The van der Waals surface area contributed by atoms with Crippen LogP contribution in [0.4, 0.5) is 0 Å². The molecule has 0 N–H and O–H groups in total. The van der Waals surface area contributed by atoms with Gasteiger partial charge in [-0.15, -0.1) is 0 Å². The van der Waals surface area contributed by atoms with Gasteiger partial charge in [-0.3, -0.25) is 0 Å². The Labute approximate surface area is 122 Å². The number of nitrogens with zero attached hydrogens (tertiary/aromatic N) is 2. The Balaban J connectivity index is 1.89. The lowest BCUT2D eigenvalue weighted by molar-refractivity contribution is 0.0311. The highest BCUT2D eigenvalue weighted by molar-refractivity contribution is 7.89. The molecule has 21 heavy (non-hydrogen) atoms. The topological polar surface area (TPSA) is 88.9 Å². The number of nitriles is 1. The van der Waals surface area contributed by atoms with E-state index in [1.54, 1.807) is 6.07 Å². The average molecular weight is 310 g/mol. The van der Waals surface area contributed by atoms with Gasteiger partial charge in [-0.2, -0.15) is 9.57 Å². The quantitative estimate of drug-likeness (QED) is 0.784. The zero-order valence-corrected chi connectivity index (χ0v) is 12.0. The summed E-state index contributed by atoms with van der Waals surface area (Å²) in [5, 5.41) is 8.87. The summed E-state index contributed by atoms with van der Waals surface area (Å²) in [6.07, 6.45) is -0.731. The van der Waals surface area contributed by atoms with Crippen molar-refractivity contribution in [1.82, 2.24) is 4.31 Å². The van der Waals surface area contributed by atoms with Gasteiger partial charge in [0.2, 0.25) is 10.0 Å². The van der Waals surface area contributed by atoms with E-state index in [2.05, 4.69) is 0 Å². The van der Waals surface area contributed by atoms with Crippen molar-refractivity contribution in [2.75, 3.05) is 32.9 Å². The number of rotatable bonds is 2. The number of hydrogen-bond acceptors (Lipinski definition) is 6. The first-order valence-corrected chi connectivity index (χ1v) is 7.96. The third-order valence-electron chi connectivity index (χ3n) is 3.32. The van der Waals surface area contributed by atoms with Crippen LogP contribution >= 0.6 is 0 Å². The molecule has 0 spiro atoms. The molecular formula is C13H14N2O5S. The molecule has 0 radical (unpaired) electrons. The number of hydrogen-bond donors (Lipinski definition) is 0. The lowest BCUT2D eigenvalue weighted by Crippen LogP contribution is -2.45. The van der Waals surface area contributed by atoms with Gasteiger partial charge in [0.1, 0.15) is 13.2 Å². The van der Waals surface area contributed by atoms with Crippen molar-refractivity contribution in [2.24, 2.45) is 0 Å². The summed E-state index contributed by atoms with van der Waals surface area (Å²) in [4.78, 5) is 0.130. The van der Waals surface area contributed by atoms with Crippen LogP contribution in [0.1, 0.15) is 0 Å². The van der Waals surface area contributed by atoms with E-state index < -0.39 is 16.1 Å². The molecule has 3 rings (SSSR count). The van der Waals surface area contributed by atoms with E-state index in [1.165, 1.54) is 16.4 Å². The molecule has 1 aromatic carbocycles. The maximum atomic E-state index is 12.6. The van der Waals surface area contributed by atoms with Gasteiger partial charge in [0.15, 0.2) is 17.6 Å². The summed E-state index contributed by atoms with van der Waals surface area (Å²) >= 11 is 0. The van der Waals surface area contributed by atoms with Crippen LogP contribution in [0, 0.1) is 11.3 Å². The van der Waals surface area contributed by atoms with E-state index in [0.717, 1.165) is 0 Å². The summed E-state index contributed by atoms with van der Waals surface area (Å²) < 4.78 is 42.4. The fraction of sp³-hybridized carbons (Fsp3) is 0.462. The molecule has 1 saturated heterocycles. The Morgan fingerprint density at radius 3 is 2.71 bits per heavy atom. The summed E-state index contributed by atoms with van der Waals surface area (Å²) in [6, 6.07) is 6.47. The molecule has 1 aromatic rings. The first-order chi connectivity index (χ1) is 10.1. The highest BCUT2D eigenvalue weighted by atomic mass is 32.2. The summed E-state index contributed by atoms with van der Waals surface area (Å²) in [7, 11) is -3.67. The number of morpholine rings is 1. The van der Waals surface area contributed by atoms with Gasteiger partial charge >= 0.3 is 0 Å². The third-order valence-corrected chi connectivity index (χ3v) is 5.19. The van der Waals surface area contributed by atoms with Crippen molar-refractivity contribution >= 4 is 10.0 Å². The van der Waals surface area contributed by atoms with Crippen LogP contribution in [0.25, 0.3) is 0 Å². The molecule has 112 valence electrons. The van der Waals surface area contributed by atoms with E-state index in [-0.39, 0.29) is 24.6 Å². The second-order valence-corrected chi connectivity index (χ2v) is 6.59. The van der Waals surface area contributed by atoms with Crippen LogP contribution < -0.4 is 9.47 Å². The summed E-state index contributed by atoms with van der Waals surface area (Å²) in [5.41, 5.74) is 0. The van der Waals surface area contributed by atoms with Crippen LogP contribution in [-0.4, -0.2) is 51.7 Å². The van der Waals surface area contributed by atoms with E-state index in [9.17, 15) is 8.42 Å². The summed E-state index contributed by atoms with van der Waals surface area (Å²) in [6.45, 7) is 1.32. The Bertz CT molecular complexity index is 682. The molecule has 2 aliphatic heterocycles. The van der Waals surface area contributed by atoms with Crippen LogP contribution in [0.15, 0.2) is 23.1 Å².